The number of nitrogens with zero attached hydrogens (tertiary/aromatic N) is 5. The van der Waals surface area contributed by atoms with Gasteiger partial charge in [-0.15, -0.1) is 10.2 Å². The molecule has 29 heavy (non-hydrogen) atoms. The highest BCUT2D eigenvalue weighted by molar-refractivity contribution is 9.10. The van der Waals surface area contributed by atoms with Crippen LogP contribution in [0.15, 0.2) is 58.2 Å². The molecule has 1 amide bonds. The minimum atomic E-state index is 0.0256. The van der Waals surface area contributed by atoms with Crippen molar-refractivity contribution in [2.75, 3.05) is 12.8 Å². The van der Waals surface area contributed by atoms with E-state index in [0.29, 0.717) is 11.7 Å². The molecule has 0 atom stereocenters. The summed E-state index contributed by atoms with van der Waals surface area (Å²) in [4.78, 5) is 18.9. The fourth-order valence-corrected chi connectivity index (χ4v) is 4.25. The predicted octanol–water partition coefficient (Wildman–Crippen LogP) is 4.51. The van der Waals surface area contributed by atoms with Crippen LogP contribution in [0, 0.1) is 0 Å². The molecule has 0 aliphatic rings. The predicted molar refractivity (Wildman–Crippen MR) is 120 cm³/mol. The quantitative estimate of drug-likeness (QED) is 0.388. The summed E-state index contributed by atoms with van der Waals surface area (Å²) in [6.07, 6.45) is 0. The molecule has 148 valence electrons. The monoisotopic (exact) mass is 469 g/mol. The number of carbonyl (C=O) groups excluding carboxylic acids is 1. The van der Waals surface area contributed by atoms with Gasteiger partial charge in [-0.1, -0.05) is 58.0 Å². The van der Waals surface area contributed by atoms with E-state index in [4.69, 9.17) is 0 Å². The lowest BCUT2D eigenvalue weighted by Crippen LogP contribution is -2.27. The number of para-hydroxylation sites is 1. The van der Waals surface area contributed by atoms with E-state index in [1.807, 2.05) is 49.5 Å². The zero-order chi connectivity index (χ0) is 20.4. The van der Waals surface area contributed by atoms with E-state index >= 15 is 0 Å². The third kappa shape index (κ3) is 4.13. The van der Waals surface area contributed by atoms with Gasteiger partial charge in [0.05, 0.1) is 11.3 Å². The minimum absolute atomic E-state index is 0.0256. The topological polar surface area (TPSA) is 63.9 Å². The summed E-state index contributed by atoms with van der Waals surface area (Å²) in [6, 6.07) is 16.1. The number of thioether (sulfide) groups is 1. The molecule has 0 saturated heterocycles. The summed E-state index contributed by atoms with van der Waals surface area (Å²) < 4.78 is 3.15. The van der Waals surface area contributed by atoms with Crippen LogP contribution in [-0.4, -0.2) is 43.4 Å². The van der Waals surface area contributed by atoms with E-state index in [2.05, 4.69) is 48.7 Å². The maximum Gasteiger partial charge on any atom is 0.233 e. The molecule has 0 spiro atoms. The van der Waals surface area contributed by atoms with Crippen molar-refractivity contribution in [2.45, 2.75) is 25.2 Å². The van der Waals surface area contributed by atoms with Gasteiger partial charge in [0.25, 0.3) is 0 Å². The number of rotatable bonds is 6. The summed E-state index contributed by atoms with van der Waals surface area (Å²) in [6.45, 7) is 3.44. The highest BCUT2D eigenvalue weighted by Gasteiger charge is 2.15. The van der Waals surface area contributed by atoms with Crippen molar-refractivity contribution in [1.29, 1.82) is 0 Å². The molecule has 2 aromatic carbocycles. The minimum Gasteiger partial charge on any atom is -0.341 e. The van der Waals surface area contributed by atoms with Gasteiger partial charge in [0, 0.05) is 30.0 Å². The molecule has 0 fully saturated rings. The van der Waals surface area contributed by atoms with Gasteiger partial charge in [-0.25, -0.2) is 4.98 Å². The average molecular weight is 470 g/mol. The molecular weight excluding hydrogens is 450 g/mol. The van der Waals surface area contributed by atoms with Crippen molar-refractivity contribution in [3.05, 3.63) is 58.6 Å². The highest BCUT2D eigenvalue weighted by Crippen LogP contribution is 2.27. The lowest BCUT2D eigenvalue weighted by atomic mass is 10.2. The van der Waals surface area contributed by atoms with Crippen molar-refractivity contribution >= 4 is 55.7 Å². The van der Waals surface area contributed by atoms with Crippen LogP contribution in [-0.2, 0) is 17.9 Å². The van der Waals surface area contributed by atoms with Gasteiger partial charge in [0.1, 0.15) is 5.52 Å². The lowest BCUT2D eigenvalue weighted by Gasteiger charge is -2.16. The molecule has 0 saturated carbocycles. The summed E-state index contributed by atoms with van der Waals surface area (Å²) in [5.41, 5.74) is 3.78. The maximum atomic E-state index is 12.5. The van der Waals surface area contributed by atoms with Gasteiger partial charge < -0.3 is 9.47 Å². The number of benzene rings is 2. The smallest absolute Gasteiger partial charge is 0.233 e. The van der Waals surface area contributed by atoms with E-state index in [0.717, 1.165) is 38.6 Å². The summed E-state index contributed by atoms with van der Waals surface area (Å²) in [5, 5.41) is 10.2. The number of halogens is 1. The molecule has 0 unspecified atom stereocenters. The van der Waals surface area contributed by atoms with Gasteiger partial charge >= 0.3 is 0 Å². The summed E-state index contributed by atoms with van der Waals surface area (Å²) in [5.74, 6) is 0.296. The number of amides is 1. The number of aryl methyl sites for hydroxylation is 1. The zero-order valence-corrected chi connectivity index (χ0v) is 18.6. The Balaban J connectivity index is 1.48. The third-order valence-electron chi connectivity index (χ3n) is 4.75. The number of carbonyl (C=O) groups is 1. The SMILES string of the molecule is CCn1c2ccccc2c2nnc(SCC(=O)N(C)Cc3ccc(Br)cc3)nc21. The first-order valence-electron chi connectivity index (χ1n) is 9.29. The molecule has 0 aliphatic heterocycles. The van der Waals surface area contributed by atoms with Crippen molar-refractivity contribution in [1.82, 2.24) is 24.6 Å². The van der Waals surface area contributed by atoms with E-state index in [1.165, 1.54) is 11.8 Å². The second-order valence-corrected chi connectivity index (χ2v) is 8.55. The largest absolute Gasteiger partial charge is 0.341 e. The zero-order valence-electron chi connectivity index (χ0n) is 16.2. The van der Waals surface area contributed by atoms with Crippen molar-refractivity contribution in [2.24, 2.45) is 0 Å². The molecule has 4 rings (SSSR count). The second kappa shape index (κ2) is 8.51. The Labute approximate surface area is 181 Å². The Kier molecular flexibility index (Phi) is 5.82. The molecule has 0 aliphatic carbocycles. The Bertz CT molecular complexity index is 1180. The number of hydrogen-bond donors (Lipinski definition) is 0. The van der Waals surface area contributed by atoms with Crippen LogP contribution < -0.4 is 0 Å². The van der Waals surface area contributed by atoms with Crippen molar-refractivity contribution in [3.8, 4) is 0 Å². The normalized spacial score (nSPS) is 11.3. The first kappa shape index (κ1) is 19.8. The first-order chi connectivity index (χ1) is 14.1. The summed E-state index contributed by atoms with van der Waals surface area (Å²) in [7, 11) is 1.81. The van der Waals surface area contributed by atoms with E-state index in [9.17, 15) is 4.79 Å². The Hall–Kier alpha value is -2.45. The molecule has 8 heteroatoms. The van der Waals surface area contributed by atoms with Gasteiger partial charge in [-0.3, -0.25) is 4.79 Å². The maximum absolute atomic E-state index is 12.5. The molecule has 0 radical (unpaired) electrons. The average Bonchev–Trinajstić information content (AvgIpc) is 3.06. The Morgan fingerprint density at radius 3 is 2.66 bits per heavy atom. The van der Waals surface area contributed by atoms with Gasteiger partial charge in [-0.05, 0) is 30.7 Å². The lowest BCUT2D eigenvalue weighted by molar-refractivity contribution is -0.127. The molecular formula is C21H20BrN5OS. The Morgan fingerprint density at radius 2 is 1.90 bits per heavy atom. The third-order valence-corrected chi connectivity index (χ3v) is 6.11. The van der Waals surface area contributed by atoms with Gasteiger partial charge in [0.15, 0.2) is 5.65 Å². The van der Waals surface area contributed by atoms with Crippen LogP contribution in [0.5, 0.6) is 0 Å². The molecule has 6 nitrogen and oxygen atoms in total. The fourth-order valence-electron chi connectivity index (χ4n) is 3.26. The van der Waals surface area contributed by atoms with Gasteiger partial charge in [-0.2, -0.15) is 0 Å². The standard InChI is InChI=1S/C21H20BrN5OS/c1-3-27-17-7-5-4-6-16(17)19-20(27)23-21(25-24-19)29-13-18(28)26(2)12-14-8-10-15(22)11-9-14/h4-11H,3,12-13H2,1-2H3. The van der Waals surface area contributed by atoms with Crippen molar-refractivity contribution < 1.29 is 4.79 Å². The van der Waals surface area contributed by atoms with Crippen LogP contribution in [0.4, 0.5) is 0 Å². The second-order valence-electron chi connectivity index (χ2n) is 6.69. The number of aromatic nitrogens is 4. The first-order valence-corrected chi connectivity index (χ1v) is 11.1. The van der Waals surface area contributed by atoms with Crippen molar-refractivity contribution in [3.63, 3.8) is 0 Å². The van der Waals surface area contributed by atoms with Crippen LogP contribution >= 0.6 is 27.7 Å². The molecule has 0 N–H and O–H groups in total. The molecule has 0 bridgehead atoms. The van der Waals surface area contributed by atoms with Crippen LogP contribution in [0.25, 0.3) is 22.1 Å². The summed E-state index contributed by atoms with van der Waals surface area (Å²) >= 11 is 4.74. The van der Waals surface area contributed by atoms with E-state index in [-0.39, 0.29) is 11.7 Å². The molecule has 2 aromatic heterocycles. The van der Waals surface area contributed by atoms with Crippen LogP contribution in [0.1, 0.15) is 12.5 Å². The highest BCUT2D eigenvalue weighted by atomic mass is 79.9. The van der Waals surface area contributed by atoms with Crippen LogP contribution in [0.2, 0.25) is 0 Å². The molecule has 4 aromatic rings. The number of fused-ring (bicyclic) bond motifs is 3. The number of hydrogen-bond acceptors (Lipinski definition) is 5. The fraction of sp³-hybridized carbons (Fsp3) is 0.238. The Morgan fingerprint density at radius 1 is 1.14 bits per heavy atom. The van der Waals surface area contributed by atoms with E-state index in [1.54, 1.807) is 4.90 Å². The van der Waals surface area contributed by atoms with Crippen LogP contribution in [0.3, 0.4) is 0 Å². The van der Waals surface area contributed by atoms with Gasteiger partial charge in [0.2, 0.25) is 11.1 Å². The molecule has 2 heterocycles. The van der Waals surface area contributed by atoms with E-state index < -0.39 is 0 Å².